The van der Waals surface area contributed by atoms with E-state index in [1.165, 1.54) is 16.4 Å². The fourth-order valence-corrected chi connectivity index (χ4v) is 6.98. The van der Waals surface area contributed by atoms with Crippen LogP contribution in [0.2, 0.25) is 5.02 Å². The lowest BCUT2D eigenvalue weighted by Gasteiger charge is -2.31. The van der Waals surface area contributed by atoms with Gasteiger partial charge in [0.1, 0.15) is 0 Å². The smallest absolute Gasteiger partial charge is 0.341 e. The number of rotatable bonds is 8. The molecule has 2 amide bonds. The van der Waals surface area contributed by atoms with E-state index in [1.807, 2.05) is 4.90 Å². The molecule has 1 aliphatic carbocycles. The van der Waals surface area contributed by atoms with Crippen molar-refractivity contribution in [2.45, 2.75) is 44.3 Å². The number of nitrogens with one attached hydrogen (secondary N) is 2. The van der Waals surface area contributed by atoms with Gasteiger partial charge in [0.15, 0.2) is 0 Å². The number of carbonyl (C=O) groups excluding carboxylic acids is 2. The molecule has 0 atom stereocenters. The lowest BCUT2D eigenvalue weighted by Crippen LogP contribution is -2.37. The average molecular weight is 559 g/mol. The maximum Gasteiger partial charge on any atom is 0.389 e. The van der Waals surface area contributed by atoms with E-state index in [2.05, 4.69) is 10.6 Å². The Labute approximate surface area is 217 Å². The number of aromatic nitrogens is 1. The van der Waals surface area contributed by atoms with Gasteiger partial charge in [0.25, 0.3) is 5.91 Å². The zero-order chi connectivity index (χ0) is 26.5. The molecule has 2 N–H and O–H groups in total. The van der Waals surface area contributed by atoms with Crippen LogP contribution in [0.5, 0.6) is 0 Å². The highest BCUT2D eigenvalue weighted by Gasteiger charge is 2.39. The third-order valence-electron chi connectivity index (χ3n) is 7.15. The van der Waals surface area contributed by atoms with E-state index in [-0.39, 0.29) is 47.0 Å². The van der Waals surface area contributed by atoms with Crippen LogP contribution in [0.15, 0.2) is 24.5 Å². The second kappa shape index (κ2) is 9.63. The summed E-state index contributed by atoms with van der Waals surface area (Å²) in [6.45, 7) is 1.54. The molecule has 2 aliphatic heterocycles. The molecular weight excluding hydrogens is 533 g/mol. The van der Waals surface area contributed by atoms with Gasteiger partial charge in [-0.15, -0.1) is 0 Å². The Balaban J connectivity index is 1.12. The van der Waals surface area contributed by atoms with Gasteiger partial charge in [0, 0.05) is 35.6 Å². The lowest BCUT2D eigenvalue weighted by molar-refractivity contribution is -0.136. The second-order valence-electron chi connectivity index (χ2n) is 9.90. The molecule has 1 fully saturated rings. The summed E-state index contributed by atoms with van der Waals surface area (Å²) in [6, 6.07) is 2.75. The first-order valence-corrected chi connectivity index (χ1v) is 14.1. The van der Waals surface area contributed by atoms with E-state index in [1.54, 1.807) is 12.1 Å². The minimum Gasteiger partial charge on any atom is -0.341 e. The molecule has 0 spiro atoms. The van der Waals surface area contributed by atoms with Crippen molar-refractivity contribution in [3.63, 3.8) is 0 Å². The van der Waals surface area contributed by atoms with Crippen LogP contribution < -0.4 is 10.6 Å². The normalized spacial score (nSPS) is 18.4. The number of hydrogen-bond donors (Lipinski definition) is 2. The molecule has 1 aromatic carbocycles. The summed E-state index contributed by atoms with van der Waals surface area (Å²) in [6.07, 6.45) is -0.475. The van der Waals surface area contributed by atoms with Crippen molar-refractivity contribution in [1.29, 1.82) is 0 Å². The van der Waals surface area contributed by atoms with Gasteiger partial charge >= 0.3 is 6.18 Å². The van der Waals surface area contributed by atoms with E-state index >= 15 is 0 Å². The number of carbonyl (C=O) groups is 2. The number of halogens is 4. The van der Waals surface area contributed by atoms with Crippen molar-refractivity contribution in [2.24, 2.45) is 5.92 Å². The standard InChI is InChI=1S/C24H26ClF3N4O4S/c25-19-10-20-15(9-21(33)29-20)8-16(19)23(34)30-22-17-11-32(12-18(17)22)37(35,36)13-14-2-6-31(7-3-14)5-1-4-24(26,27)28/h8,10-12,14,22H,1-7,9,13H2,(H,29,33)(H,30,34). The number of hydrogen-bond acceptors (Lipinski definition) is 5. The van der Waals surface area contributed by atoms with Crippen molar-refractivity contribution in [1.82, 2.24) is 14.2 Å². The average Bonchev–Trinajstić information content (AvgIpc) is 3.11. The van der Waals surface area contributed by atoms with Crippen LogP contribution in [0, 0.1) is 5.92 Å². The first-order valence-electron chi connectivity index (χ1n) is 12.1. The van der Waals surface area contributed by atoms with Crippen molar-refractivity contribution >= 4 is 39.1 Å². The second-order valence-corrected chi connectivity index (χ2v) is 12.2. The Bertz CT molecular complexity index is 1330. The molecule has 8 nitrogen and oxygen atoms in total. The molecule has 1 aromatic heterocycles. The van der Waals surface area contributed by atoms with Crippen LogP contribution in [-0.2, 0) is 21.2 Å². The molecule has 37 heavy (non-hydrogen) atoms. The highest BCUT2D eigenvalue weighted by atomic mass is 35.5. The predicted molar refractivity (Wildman–Crippen MR) is 131 cm³/mol. The minimum atomic E-state index is -4.15. The Hall–Kier alpha value is -2.57. The molecule has 3 aliphatic rings. The Morgan fingerprint density at radius 1 is 1.16 bits per heavy atom. The van der Waals surface area contributed by atoms with Gasteiger partial charge in [-0.05, 0) is 62.5 Å². The number of amides is 2. The molecule has 200 valence electrons. The highest BCUT2D eigenvalue weighted by molar-refractivity contribution is 7.89. The minimum absolute atomic E-state index is 0.0362. The topological polar surface area (TPSA) is 101 Å². The van der Waals surface area contributed by atoms with Crippen LogP contribution in [0.1, 0.15) is 58.8 Å². The Kier molecular flexibility index (Phi) is 6.78. The van der Waals surface area contributed by atoms with Crippen molar-refractivity contribution in [3.8, 4) is 0 Å². The summed E-state index contributed by atoms with van der Waals surface area (Å²) in [4.78, 5) is 26.3. The maximum absolute atomic E-state index is 12.9. The number of alkyl halides is 3. The van der Waals surface area contributed by atoms with Gasteiger partial charge in [-0.25, -0.2) is 8.42 Å². The molecule has 0 bridgehead atoms. The molecule has 0 radical (unpaired) electrons. The first kappa shape index (κ1) is 26.1. The highest BCUT2D eigenvalue weighted by Crippen LogP contribution is 2.43. The lowest BCUT2D eigenvalue weighted by atomic mass is 9.99. The van der Waals surface area contributed by atoms with E-state index in [0.717, 1.165) is 0 Å². The largest absolute Gasteiger partial charge is 0.389 e. The molecule has 2 aromatic rings. The molecule has 5 rings (SSSR count). The predicted octanol–water partition coefficient (Wildman–Crippen LogP) is 3.70. The van der Waals surface area contributed by atoms with Crippen LogP contribution in [-0.4, -0.2) is 60.7 Å². The van der Waals surface area contributed by atoms with Gasteiger partial charge in [-0.3, -0.25) is 13.6 Å². The summed E-state index contributed by atoms with van der Waals surface area (Å²) in [5, 5.41) is 5.73. The van der Waals surface area contributed by atoms with Crippen LogP contribution >= 0.6 is 11.6 Å². The van der Waals surface area contributed by atoms with Gasteiger partial charge in [0.2, 0.25) is 15.9 Å². The number of likely N-dealkylation sites (tertiary alicyclic amines) is 1. The Morgan fingerprint density at radius 3 is 2.49 bits per heavy atom. The van der Waals surface area contributed by atoms with E-state index in [0.29, 0.717) is 54.9 Å². The number of anilines is 1. The fourth-order valence-electron chi connectivity index (χ4n) is 5.08. The molecule has 1 saturated heterocycles. The van der Waals surface area contributed by atoms with E-state index in [9.17, 15) is 31.2 Å². The Morgan fingerprint density at radius 2 is 1.84 bits per heavy atom. The van der Waals surface area contributed by atoms with Crippen molar-refractivity contribution < 1.29 is 31.2 Å². The van der Waals surface area contributed by atoms with Crippen molar-refractivity contribution in [3.05, 3.63) is 51.8 Å². The van der Waals surface area contributed by atoms with E-state index in [4.69, 9.17) is 11.6 Å². The van der Waals surface area contributed by atoms with Gasteiger partial charge in [-0.1, -0.05) is 11.6 Å². The summed E-state index contributed by atoms with van der Waals surface area (Å²) in [5.74, 6) is -0.671. The summed E-state index contributed by atoms with van der Waals surface area (Å²) >= 11 is 6.23. The number of benzene rings is 1. The first-order chi connectivity index (χ1) is 17.4. The quantitative estimate of drug-likeness (QED) is 0.515. The zero-order valence-electron chi connectivity index (χ0n) is 19.8. The number of nitrogens with zero attached hydrogens (tertiary/aromatic N) is 2. The fraction of sp³-hybridized carbons (Fsp3) is 0.500. The maximum atomic E-state index is 12.9. The number of piperidine rings is 1. The molecule has 0 saturated carbocycles. The van der Waals surface area contributed by atoms with Crippen LogP contribution in [0.3, 0.4) is 0 Å². The molecule has 3 heterocycles. The van der Waals surface area contributed by atoms with Gasteiger partial charge < -0.3 is 15.5 Å². The molecule has 0 unspecified atom stereocenters. The third kappa shape index (κ3) is 5.80. The monoisotopic (exact) mass is 558 g/mol. The molecule has 13 heteroatoms. The van der Waals surface area contributed by atoms with Crippen molar-refractivity contribution in [2.75, 3.05) is 30.7 Å². The van der Waals surface area contributed by atoms with E-state index < -0.39 is 28.5 Å². The molecular formula is C24H26ClF3N4O4S. The van der Waals surface area contributed by atoms with Crippen LogP contribution in [0.4, 0.5) is 18.9 Å². The summed E-state index contributed by atoms with van der Waals surface area (Å²) in [7, 11) is -3.60. The third-order valence-corrected chi connectivity index (χ3v) is 9.21. The summed E-state index contributed by atoms with van der Waals surface area (Å²) in [5.41, 5.74) is 2.96. The number of fused-ring (bicyclic) bond motifs is 2. The summed E-state index contributed by atoms with van der Waals surface area (Å²) < 4.78 is 64.0. The zero-order valence-corrected chi connectivity index (χ0v) is 21.3. The van der Waals surface area contributed by atoms with Gasteiger partial charge in [-0.2, -0.15) is 13.2 Å². The van der Waals surface area contributed by atoms with Crippen LogP contribution in [0.25, 0.3) is 0 Å². The SMILES string of the molecule is O=C1Cc2cc(C(=O)NC3c4cn(S(=O)(=O)CC5CCN(CCCC(F)(F)F)CC5)cc43)c(Cl)cc2N1. The van der Waals surface area contributed by atoms with Gasteiger partial charge in [0.05, 0.1) is 28.8 Å².